The third kappa shape index (κ3) is 3.97. The number of methoxy groups -OCH3 is 1. The first kappa shape index (κ1) is 14.9. The molecule has 0 spiro atoms. The van der Waals surface area contributed by atoms with Crippen LogP contribution in [0.4, 0.5) is 0 Å². The molecule has 0 unspecified atom stereocenters. The van der Waals surface area contributed by atoms with E-state index in [-0.39, 0.29) is 18.9 Å². The topological polar surface area (TPSA) is 44.8 Å². The van der Waals surface area contributed by atoms with Gasteiger partial charge in [-0.05, 0) is 37.0 Å². The number of carbonyl (C=O) groups excluding carboxylic acids is 1. The van der Waals surface area contributed by atoms with Crippen molar-refractivity contribution in [2.45, 2.75) is 44.6 Å². The number of rotatable bonds is 5. The van der Waals surface area contributed by atoms with Crippen LogP contribution in [-0.4, -0.2) is 26.0 Å². The van der Waals surface area contributed by atoms with Crippen LogP contribution in [0.15, 0.2) is 24.3 Å². The molecule has 20 heavy (non-hydrogen) atoms. The highest BCUT2D eigenvalue weighted by Gasteiger charge is 2.28. The highest BCUT2D eigenvalue weighted by atomic mass is 16.7. The van der Waals surface area contributed by atoms with Crippen molar-refractivity contribution in [1.29, 1.82) is 0 Å². The molecule has 4 heteroatoms. The van der Waals surface area contributed by atoms with Crippen LogP contribution >= 0.6 is 0 Å². The van der Waals surface area contributed by atoms with Crippen LogP contribution < -0.4 is 4.74 Å². The lowest BCUT2D eigenvalue weighted by atomic mass is 9.81. The maximum Gasteiger partial charge on any atom is 0.302 e. The van der Waals surface area contributed by atoms with E-state index >= 15 is 0 Å². The minimum absolute atomic E-state index is 0.00648. The van der Waals surface area contributed by atoms with Gasteiger partial charge >= 0.3 is 5.97 Å². The summed E-state index contributed by atoms with van der Waals surface area (Å²) in [4.78, 5) is 11.2. The third-order valence-electron chi connectivity index (χ3n) is 3.67. The molecule has 110 valence electrons. The first-order valence-electron chi connectivity index (χ1n) is 7.09. The molecule has 0 heterocycles. The Morgan fingerprint density at radius 3 is 2.55 bits per heavy atom. The number of ether oxygens (including phenoxy) is 3. The Labute approximate surface area is 120 Å². The summed E-state index contributed by atoms with van der Waals surface area (Å²) in [6, 6.07) is 7.98. The molecule has 0 saturated heterocycles. The average molecular weight is 278 g/mol. The maximum absolute atomic E-state index is 11.2. The highest BCUT2D eigenvalue weighted by Crippen LogP contribution is 2.35. The second-order valence-electron chi connectivity index (χ2n) is 5.16. The van der Waals surface area contributed by atoms with Crippen molar-refractivity contribution in [2.75, 3.05) is 13.9 Å². The number of hydrogen-bond donors (Lipinski definition) is 0. The van der Waals surface area contributed by atoms with E-state index in [2.05, 4.69) is 12.1 Å². The van der Waals surface area contributed by atoms with E-state index in [1.54, 1.807) is 7.11 Å². The zero-order valence-electron chi connectivity index (χ0n) is 12.1. The summed E-state index contributed by atoms with van der Waals surface area (Å²) in [5.41, 5.74) is 1.21. The minimum atomic E-state index is -0.193. The van der Waals surface area contributed by atoms with Crippen LogP contribution in [0.5, 0.6) is 5.75 Å². The van der Waals surface area contributed by atoms with Crippen molar-refractivity contribution in [3.63, 3.8) is 0 Å². The van der Waals surface area contributed by atoms with E-state index in [0.29, 0.717) is 5.92 Å². The first-order chi connectivity index (χ1) is 9.70. The fraction of sp³-hybridized carbons (Fsp3) is 0.562. The van der Waals surface area contributed by atoms with E-state index < -0.39 is 0 Å². The summed E-state index contributed by atoms with van der Waals surface area (Å²) < 4.78 is 15.7. The van der Waals surface area contributed by atoms with Crippen LogP contribution in [0.2, 0.25) is 0 Å². The quantitative estimate of drug-likeness (QED) is 0.612. The van der Waals surface area contributed by atoms with E-state index in [1.165, 1.54) is 18.9 Å². The van der Waals surface area contributed by atoms with Crippen LogP contribution in [0.25, 0.3) is 0 Å². The maximum atomic E-state index is 11.2. The van der Waals surface area contributed by atoms with Crippen molar-refractivity contribution in [2.24, 2.45) is 0 Å². The predicted molar refractivity (Wildman–Crippen MR) is 75.7 cm³/mol. The van der Waals surface area contributed by atoms with Gasteiger partial charge in [-0.15, -0.1) is 0 Å². The van der Waals surface area contributed by atoms with Gasteiger partial charge < -0.3 is 14.2 Å². The fourth-order valence-electron chi connectivity index (χ4n) is 2.77. The van der Waals surface area contributed by atoms with Gasteiger partial charge in [0.25, 0.3) is 0 Å². The summed E-state index contributed by atoms with van der Waals surface area (Å²) in [6.07, 6.45) is 4.34. The second kappa shape index (κ2) is 7.29. The smallest absolute Gasteiger partial charge is 0.302 e. The van der Waals surface area contributed by atoms with Gasteiger partial charge in [0.1, 0.15) is 11.9 Å². The molecule has 0 N–H and O–H groups in total. The summed E-state index contributed by atoms with van der Waals surface area (Å²) in [7, 11) is 1.60. The van der Waals surface area contributed by atoms with Gasteiger partial charge in [0.2, 0.25) is 0 Å². The van der Waals surface area contributed by atoms with Crippen LogP contribution in [0, 0.1) is 0 Å². The number of hydrogen-bond acceptors (Lipinski definition) is 4. The van der Waals surface area contributed by atoms with E-state index in [0.717, 1.165) is 25.0 Å². The molecule has 2 atom stereocenters. The second-order valence-corrected chi connectivity index (χ2v) is 5.16. The number of benzene rings is 1. The molecule has 0 bridgehead atoms. The summed E-state index contributed by atoms with van der Waals surface area (Å²) in [6.45, 7) is 1.73. The van der Waals surface area contributed by atoms with Crippen LogP contribution in [0.1, 0.15) is 44.1 Å². The number of esters is 1. The van der Waals surface area contributed by atoms with Gasteiger partial charge in [0, 0.05) is 20.0 Å². The normalized spacial score (nSPS) is 22.3. The molecule has 1 aromatic rings. The Balaban J connectivity index is 2.05. The summed E-state index contributed by atoms with van der Waals surface area (Å²) in [5, 5.41) is 0. The van der Waals surface area contributed by atoms with Crippen molar-refractivity contribution in [3.05, 3.63) is 29.8 Å². The number of carbonyl (C=O) groups is 1. The Morgan fingerprint density at radius 2 is 1.90 bits per heavy atom. The van der Waals surface area contributed by atoms with Gasteiger partial charge in [0.15, 0.2) is 6.79 Å². The molecule has 4 nitrogen and oxygen atoms in total. The molecule has 0 aromatic heterocycles. The Bertz CT molecular complexity index is 427. The van der Waals surface area contributed by atoms with Crippen LogP contribution in [-0.2, 0) is 14.3 Å². The molecular weight excluding hydrogens is 256 g/mol. The monoisotopic (exact) mass is 278 g/mol. The fourth-order valence-corrected chi connectivity index (χ4v) is 2.77. The molecule has 2 rings (SSSR count). The lowest BCUT2D eigenvalue weighted by Crippen LogP contribution is -2.27. The van der Waals surface area contributed by atoms with Crippen molar-refractivity contribution in [1.82, 2.24) is 0 Å². The van der Waals surface area contributed by atoms with Crippen LogP contribution in [0.3, 0.4) is 0 Å². The largest absolute Gasteiger partial charge is 0.468 e. The summed E-state index contributed by atoms with van der Waals surface area (Å²) >= 11 is 0. The molecule has 1 aliphatic rings. The van der Waals surface area contributed by atoms with E-state index in [4.69, 9.17) is 14.2 Å². The van der Waals surface area contributed by atoms with Gasteiger partial charge in [-0.3, -0.25) is 4.79 Å². The Hall–Kier alpha value is -1.55. The molecule has 1 fully saturated rings. The van der Waals surface area contributed by atoms with Gasteiger partial charge in [-0.2, -0.15) is 0 Å². The molecule has 0 amide bonds. The molecule has 0 aliphatic heterocycles. The highest BCUT2D eigenvalue weighted by molar-refractivity contribution is 5.66. The SMILES string of the molecule is COCOc1ccc([C@H]2CCCC[C@@H]2OC(C)=O)cc1. The zero-order valence-corrected chi connectivity index (χ0v) is 12.1. The third-order valence-corrected chi connectivity index (χ3v) is 3.67. The van der Waals surface area contributed by atoms with Gasteiger partial charge in [-0.1, -0.05) is 18.6 Å². The Kier molecular flexibility index (Phi) is 5.41. The first-order valence-corrected chi connectivity index (χ1v) is 7.09. The molecule has 0 radical (unpaired) electrons. The standard InChI is InChI=1S/C16H22O4/c1-12(17)20-16-6-4-3-5-15(16)13-7-9-14(10-8-13)19-11-18-2/h7-10,15-16H,3-6,11H2,1-2H3/t15-,16+/m1/s1. The van der Waals surface area contributed by atoms with Crippen molar-refractivity contribution >= 4 is 5.97 Å². The van der Waals surface area contributed by atoms with E-state index in [9.17, 15) is 4.79 Å². The average Bonchev–Trinajstić information content (AvgIpc) is 2.46. The zero-order chi connectivity index (χ0) is 14.4. The predicted octanol–water partition coefficient (Wildman–Crippen LogP) is 3.26. The van der Waals surface area contributed by atoms with Crippen molar-refractivity contribution < 1.29 is 19.0 Å². The lowest BCUT2D eigenvalue weighted by molar-refractivity contribution is -0.148. The Morgan fingerprint density at radius 1 is 1.20 bits per heavy atom. The van der Waals surface area contributed by atoms with Gasteiger partial charge in [-0.25, -0.2) is 0 Å². The molecule has 1 saturated carbocycles. The molecule has 1 aromatic carbocycles. The van der Waals surface area contributed by atoms with Gasteiger partial charge in [0.05, 0.1) is 0 Å². The van der Waals surface area contributed by atoms with E-state index in [1.807, 2.05) is 12.1 Å². The van der Waals surface area contributed by atoms with Crippen molar-refractivity contribution in [3.8, 4) is 5.75 Å². The summed E-state index contributed by atoms with van der Waals surface area (Å²) in [5.74, 6) is 0.890. The molecular formula is C16H22O4. The lowest BCUT2D eigenvalue weighted by Gasteiger charge is -2.31. The minimum Gasteiger partial charge on any atom is -0.468 e. The molecule has 1 aliphatic carbocycles.